The van der Waals surface area contributed by atoms with Crippen molar-refractivity contribution in [3.8, 4) is 23.0 Å². The van der Waals surface area contributed by atoms with Crippen LogP contribution in [-0.2, 0) is 16.1 Å². The Kier molecular flexibility index (Phi) is 7.34. The zero-order valence-electron chi connectivity index (χ0n) is 15.6. The molecule has 0 unspecified atom stereocenters. The summed E-state index contributed by atoms with van der Waals surface area (Å²) in [6.45, 7) is -0.357. The van der Waals surface area contributed by atoms with Crippen LogP contribution >= 0.6 is 11.6 Å². The summed E-state index contributed by atoms with van der Waals surface area (Å²) in [7, 11) is 4.48. The minimum atomic E-state index is -0.836. The van der Waals surface area contributed by atoms with E-state index in [0.717, 1.165) is 0 Å². The smallest absolute Gasteiger partial charge is 0.342 e. The van der Waals surface area contributed by atoms with Gasteiger partial charge >= 0.3 is 5.97 Å². The van der Waals surface area contributed by atoms with Gasteiger partial charge in [-0.25, -0.2) is 4.79 Å². The summed E-state index contributed by atoms with van der Waals surface area (Å²) in [4.78, 5) is 23.9. The molecule has 2 aromatic carbocycles. The third-order valence-corrected chi connectivity index (χ3v) is 3.96. The van der Waals surface area contributed by atoms with Crippen molar-refractivity contribution in [2.75, 3.05) is 27.9 Å². The lowest BCUT2D eigenvalue weighted by molar-refractivity contribution is -0.124. The molecule has 1 amide bonds. The highest BCUT2D eigenvalue weighted by molar-refractivity contribution is 6.30. The summed E-state index contributed by atoms with van der Waals surface area (Å²) in [5.41, 5.74) is 0.617. The summed E-state index contributed by atoms with van der Waals surface area (Å²) in [5.74, 6) is -0.328. The normalized spacial score (nSPS) is 10.1. The summed E-state index contributed by atoms with van der Waals surface area (Å²) in [5, 5.41) is 12.6. The Bertz CT molecular complexity index is 844. The monoisotopic (exact) mass is 409 g/mol. The van der Waals surface area contributed by atoms with Crippen LogP contribution < -0.4 is 19.5 Å². The number of hydrogen-bond donors (Lipinski definition) is 2. The summed E-state index contributed by atoms with van der Waals surface area (Å²) in [6, 6.07) is 7.34. The Balaban J connectivity index is 1.94. The van der Waals surface area contributed by atoms with E-state index in [9.17, 15) is 14.7 Å². The average Bonchev–Trinajstić information content (AvgIpc) is 2.69. The van der Waals surface area contributed by atoms with Gasteiger partial charge in [0.05, 0.1) is 21.3 Å². The zero-order chi connectivity index (χ0) is 20.7. The maximum Gasteiger partial charge on any atom is 0.342 e. The molecule has 0 saturated heterocycles. The van der Waals surface area contributed by atoms with Crippen molar-refractivity contribution >= 4 is 23.5 Å². The summed E-state index contributed by atoms with van der Waals surface area (Å²) < 4.78 is 20.6. The number of nitrogens with one attached hydrogen (secondary N) is 1. The number of phenolic OH excluding ortho intramolecular Hbond substituents is 1. The van der Waals surface area contributed by atoms with Gasteiger partial charge in [-0.2, -0.15) is 0 Å². The van der Waals surface area contributed by atoms with Gasteiger partial charge in [-0.3, -0.25) is 4.79 Å². The van der Waals surface area contributed by atoms with Crippen LogP contribution in [0.25, 0.3) is 0 Å². The van der Waals surface area contributed by atoms with E-state index in [1.54, 1.807) is 12.1 Å². The first-order valence-electron chi connectivity index (χ1n) is 8.10. The van der Waals surface area contributed by atoms with E-state index in [-0.39, 0.29) is 22.9 Å². The molecular formula is C19H20ClNO7. The van der Waals surface area contributed by atoms with Crippen LogP contribution in [0.15, 0.2) is 30.3 Å². The SMILES string of the molecule is COc1cc(CNC(=O)COC(=O)c2ccc(Cl)cc2O)cc(OC)c1OC. The molecule has 0 bridgehead atoms. The fourth-order valence-electron chi connectivity index (χ4n) is 2.38. The first-order chi connectivity index (χ1) is 13.4. The first kappa shape index (κ1) is 21.2. The number of methoxy groups -OCH3 is 3. The van der Waals surface area contributed by atoms with Crippen molar-refractivity contribution in [2.45, 2.75) is 6.54 Å². The lowest BCUT2D eigenvalue weighted by Gasteiger charge is -2.14. The van der Waals surface area contributed by atoms with Crippen LogP contribution in [0.3, 0.4) is 0 Å². The van der Waals surface area contributed by atoms with Gasteiger partial charge < -0.3 is 29.4 Å². The molecular weight excluding hydrogens is 390 g/mol. The number of carbonyl (C=O) groups excluding carboxylic acids is 2. The lowest BCUT2D eigenvalue weighted by atomic mass is 10.1. The molecule has 150 valence electrons. The van der Waals surface area contributed by atoms with Crippen molar-refractivity contribution in [3.05, 3.63) is 46.5 Å². The van der Waals surface area contributed by atoms with E-state index in [1.165, 1.54) is 39.5 Å². The number of halogens is 1. The number of benzene rings is 2. The molecule has 8 nitrogen and oxygen atoms in total. The van der Waals surface area contributed by atoms with Crippen molar-refractivity contribution in [1.82, 2.24) is 5.32 Å². The van der Waals surface area contributed by atoms with E-state index < -0.39 is 18.5 Å². The molecule has 28 heavy (non-hydrogen) atoms. The highest BCUT2D eigenvalue weighted by Crippen LogP contribution is 2.38. The predicted molar refractivity (Wildman–Crippen MR) is 101 cm³/mol. The second kappa shape index (κ2) is 9.70. The van der Waals surface area contributed by atoms with Gasteiger partial charge in [-0.1, -0.05) is 11.6 Å². The molecule has 0 atom stereocenters. The highest BCUT2D eigenvalue weighted by atomic mass is 35.5. The van der Waals surface area contributed by atoms with Crippen molar-refractivity contribution in [1.29, 1.82) is 0 Å². The van der Waals surface area contributed by atoms with E-state index in [0.29, 0.717) is 22.8 Å². The van der Waals surface area contributed by atoms with E-state index in [2.05, 4.69) is 5.32 Å². The zero-order valence-corrected chi connectivity index (χ0v) is 16.3. The number of hydrogen-bond acceptors (Lipinski definition) is 7. The van der Waals surface area contributed by atoms with Gasteiger partial charge in [0.25, 0.3) is 5.91 Å². The molecule has 2 aromatic rings. The molecule has 0 aliphatic carbocycles. The number of aromatic hydroxyl groups is 1. The fraction of sp³-hybridized carbons (Fsp3) is 0.263. The molecule has 2 rings (SSSR count). The van der Waals surface area contributed by atoms with Crippen LogP contribution in [0.1, 0.15) is 15.9 Å². The molecule has 0 aromatic heterocycles. The largest absolute Gasteiger partial charge is 0.507 e. The molecule has 2 N–H and O–H groups in total. The van der Waals surface area contributed by atoms with Gasteiger partial charge in [0.1, 0.15) is 11.3 Å². The third kappa shape index (κ3) is 5.20. The van der Waals surface area contributed by atoms with Crippen molar-refractivity contribution < 1.29 is 33.6 Å². The second-order valence-electron chi connectivity index (χ2n) is 5.55. The van der Waals surface area contributed by atoms with E-state index in [1.807, 2.05) is 0 Å². The molecule has 0 radical (unpaired) electrons. The minimum Gasteiger partial charge on any atom is -0.507 e. The van der Waals surface area contributed by atoms with Gasteiger partial charge in [0, 0.05) is 11.6 Å². The first-order valence-corrected chi connectivity index (χ1v) is 8.48. The Morgan fingerprint density at radius 1 is 1.04 bits per heavy atom. The number of carbonyl (C=O) groups is 2. The van der Waals surface area contributed by atoms with Crippen LogP contribution in [0.4, 0.5) is 0 Å². The lowest BCUT2D eigenvalue weighted by Crippen LogP contribution is -2.28. The van der Waals surface area contributed by atoms with Crippen LogP contribution in [0.2, 0.25) is 5.02 Å². The van der Waals surface area contributed by atoms with Crippen molar-refractivity contribution in [2.24, 2.45) is 0 Å². The second-order valence-corrected chi connectivity index (χ2v) is 5.98. The van der Waals surface area contributed by atoms with Gasteiger partial charge in [0.2, 0.25) is 5.75 Å². The predicted octanol–water partition coefficient (Wildman–Crippen LogP) is 2.54. The van der Waals surface area contributed by atoms with Crippen LogP contribution in [0, 0.1) is 0 Å². The highest BCUT2D eigenvalue weighted by Gasteiger charge is 2.16. The van der Waals surface area contributed by atoms with Gasteiger partial charge in [-0.05, 0) is 35.9 Å². The molecule has 9 heteroatoms. The quantitative estimate of drug-likeness (QED) is 0.646. The van der Waals surface area contributed by atoms with Gasteiger partial charge in [0.15, 0.2) is 18.1 Å². The molecule has 0 spiro atoms. The maximum absolute atomic E-state index is 12.0. The van der Waals surface area contributed by atoms with E-state index in [4.69, 9.17) is 30.5 Å². The van der Waals surface area contributed by atoms with Gasteiger partial charge in [-0.15, -0.1) is 0 Å². The molecule has 0 aliphatic heterocycles. The van der Waals surface area contributed by atoms with E-state index >= 15 is 0 Å². The maximum atomic E-state index is 12.0. The Morgan fingerprint density at radius 3 is 2.21 bits per heavy atom. The van der Waals surface area contributed by atoms with Crippen LogP contribution in [-0.4, -0.2) is 44.9 Å². The van der Waals surface area contributed by atoms with Crippen LogP contribution in [0.5, 0.6) is 23.0 Å². The number of phenols is 1. The number of rotatable bonds is 8. The molecule has 0 aliphatic rings. The number of esters is 1. The minimum absolute atomic E-state index is 0.0816. The van der Waals surface area contributed by atoms with Crippen molar-refractivity contribution in [3.63, 3.8) is 0 Å². The third-order valence-electron chi connectivity index (χ3n) is 3.73. The topological polar surface area (TPSA) is 103 Å². The number of amides is 1. The molecule has 0 saturated carbocycles. The molecule has 0 heterocycles. The summed E-state index contributed by atoms with van der Waals surface area (Å²) in [6.07, 6.45) is 0. The fourth-order valence-corrected chi connectivity index (χ4v) is 2.54. The molecule has 0 fully saturated rings. The average molecular weight is 410 g/mol. The Morgan fingerprint density at radius 2 is 1.68 bits per heavy atom. The number of ether oxygens (including phenoxy) is 4. The Labute approximate surface area is 166 Å². The summed E-state index contributed by atoms with van der Waals surface area (Å²) >= 11 is 5.71. The Hall–Kier alpha value is -3.13. The standard InChI is InChI=1S/C19H20ClNO7/c1-25-15-6-11(7-16(26-2)18(15)27-3)9-21-17(23)10-28-19(24)13-5-4-12(20)8-14(13)22/h4-8,22H,9-10H2,1-3H3,(H,21,23).